The molecular weight excluding hydrogens is 356 g/mol. The normalized spacial score (nSPS) is 11.1. The van der Waals surface area contributed by atoms with Gasteiger partial charge in [0.15, 0.2) is 11.5 Å². The largest absolute Gasteiger partial charge is 0.493 e. The molecule has 0 aliphatic rings. The van der Waals surface area contributed by atoms with Crippen molar-refractivity contribution in [2.24, 2.45) is 0 Å². The van der Waals surface area contributed by atoms with Gasteiger partial charge in [-0.1, -0.05) is 23.8 Å². The Balaban J connectivity index is 2.49. The molecule has 0 aliphatic carbocycles. The minimum atomic E-state index is -3.06. The molecular formula is C20H17F2NO4. The van der Waals surface area contributed by atoms with E-state index in [1.165, 1.54) is 32.4 Å². The van der Waals surface area contributed by atoms with E-state index in [0.29, 0.717) is 11.1 Å². The van der Waals surface area contributed by atoms with Crippen molar-refractivity contribution >= 4 is 11.9 Å². The zero-order chi connectivity index (χ0) is 20.0. The van der Waals surface area contributed by atoms with Gasteiger partial charge in [0.1, 0.15) is 11.6 Å². The Morgan fingerprint density at radius 3 is 2.26 bits per heavy atom. The van der Waals surface area contributed by atoms with Crippen LogP contribution in [0.3, 0.4) is 0 Å². The number of ketones is 1. The Bertz CT molecular complexity index is 891. The zero-order valence-corrected chi connectivity index (χ0v) is 15.0. The molecule has 0 heterocycles. The van der Waals surface area contributed by atoms with Crippen molar-refractivity contribution in [3.63, 3.8) is 0 Å². The highest BCUT2D eigenvalue weighted by Gasteiger charge is 2.19. The van der Waals surface area contributed by atoms with Gasteiger partial charge in [-0.05, 0) is 36.8 Å². The second-order valence-corrected chi connectivity index (χ2v) is 5.50. The van der Waals surface area contributed by atoms with E-state index < -0.39 is 12.4 Å². The number of carbonyl (C=O) groups is 1. The molecule has 2 rings (SSSR count). The predicted molar refractivity (Wildman–Crippen MR) is 95.3 cm³/mol. The first kappa shape index (κ1) is 19.9. The van der Waals surface area contributed by atoms with Crippen molar-refractivity contribution in [2.75, 3.05) is 14.2 Å². The third-order valence-corrected chi connectivity index (χ3v) is 3.65. The summed E-state index contributed by atoms with van der Waals surface area (Å²) in [7, 11) is 2.56. The van der Waals surface area contributed by atoms with E-state index in [1.54, 1.807) is 18.2 Å². The molecule has 5 nitrogen and oxygen atoms in total. The molecule has 0 fully saturated rings. The number of carbonyl (C=O) groups excluding carboxylic acids is 1. The fourth-order valence-corrected chi connectivity index (χ4v) is 2.45. The molecule has 0 spiro atoms. The second-order valence-electron chi connectivity index (χ2n) is 5.50. The summed E-state index contributed by atoms with van der Waals surface area (Å²) in [6, 6.07) is 11.5. The average Bonchev–Trinajstić information content (AvgIpc) is 2.65. The van der Waals surface area contributed by atoms with Gasteiger partial charge in [0.2, 0.25) is 11.5 Å². The van der Waals surface area contributed by atoms with Crippen molar-refractivity contribution in [3.8, 4) is 23.3 Å². The number of hydrogen-bond donors (Lipinski definition) is 0. The number of nitriles is 1. The first-order chi connectivity index (χ1) is 12.9. The van der Waals surface area contributed by atoms with Crippen molar-refractivity contribution < 1.29 is 27.8 Å². The molecule has 140 valence electrons. The van der Waals surface area contributed by atoms with E-state index in [2.05, 4.69) is 4.74 Å². The summed E-state index contributed by atoms with van der Waals surface area (Å²) >= 11 is 0. The Kier molecular flexibility index (Phi) is 6.50. The number of benzene rings is 2. The first-order valence-electron chi connectivity index (χ1n) is 7.83. The van der Waals surface area contributed by atoms with E-state index in [-0.39, 0.29) is 22.8 Å². The first-order valence-corrected chi connectivity index (χ1v) is 7.83. The van der Waals surface area contributed by atoms with Crippen molar-refractivity contribution in [1.29, 1.82) is 5.26 Å². The molecule has 0 aromatic heterocycles. The molecule has 0 bridgehead atoms. The minimum absolute atomic E-state index is 0.0128. The van der Waals surface area contributed by atoms with Gasteiger partial charge in [0.05, 0.1) is 14.2 Å². The SMILES string of the molecule is COc1cc(/C=C(\C#N)C(=O)c2cccc(C)c2)cc(OC)c1OC(F)F. The lowest BCUT2D eigenvalue weighted by Gasteiger charge is -2.14. The predicted octanol–water partition coefficient (Wildman–Crippen LogP) is 4.40. The lowest BCUT2D eigenvalue weighted by atomic mass is 10.0. The van der Waals surface area contributed by atoms with Crippen LogP contribution < -0.4 is 14.2 Å². The molecule has 0 radical (unpaired) electrons. The van der Waals surface area contributed by atoms with Crippen LogP contribution in [0.25, 0.3) is 6.08 Å². The molecule has 0 amide bonds. The Labute approximate surface area is 155 Å². The lowest BCUT2D eigenvalue weighted by Crippen LogP contribution is -2.06. The van der Waals surface area contributed by atoms with Crippen molar-refractivity contribution in [1.82, 2.24) is 0 Å². The Morgan fingerprint density at radius 1 is 1.15 bits per heavy atom. The number of ether oxygens (including phenoxy) is 3. The molecule has 0 aliphatic heterocycles. The number of halogens is 2. The van der Waals surface area contributed by atoms with Crippen molar-refractivity contribution in [3.05, 3.63) is 58.7 Å². The smallest absolute Gasteiger partial charge is 0.387 e. The van der Waals surface area contributed by atoms with Gasteiger partial charge in [-0.25, -0.2) is 0 Å². The van der Waals surface area contributed by atoms with E-state index in [0.717, 1.165) is 5.56 Å². The summed E-state index contributed by atoms with van der Waals surface area (Å²) in [5.74, 6) is -0.745. The van der Waals surface area contributed by atoms with E-state index in [4.69, 9.17) is 9.47 Å². The summed E-state index contributed by atoms with van der Waals surface area (Å²) in [6.45, 7) is -1.23. The third kappa shape index (κ3) is 4.82. The summed E-state index contributed by atoms with van der Waals surface area (Å²) in [5, 5.41) is 9.39. The number of allylic oxidation sites excluding steroid dienone is 1. The van der Waals surface area contributed by atoms with Gasteiger partial charge < -0.3 is 14.2 Å². The van der Waals surface area contributed by atoms with Crippen LogP contribution in [0.2, 0.25) is 0 Å². The highest BCUT2D eigenvalue weighted by molar-refractivity contribution is 6.14. The fourth-order valence-electron chi connectivity index (χ4n) is 2.45. The Morgan fingerprint density at radius 2 is 1.78 bits per heavy atom. The molecule has 0 N–H and O–H groups in total. The monoisotopic (exact) mass is 373 g/mol. The molecule has 27 heavy (non-hydrogen) atoms. The average molecular weight is 373 g/mol. The topological polar surface area (TPSA) is 68.5 Å². The molecule has 0 unspecified atom stereocenters. The third-order valence-electron chi connectivity index (χ3n) is 3.65. The molecule has 0 atom stereocenters. The van der Waals surface area contributed by atoms with Gasteiger partial charge in [0, 0.05) is 5.56 Å². The van der Waals surface area contributed by atoms with Gasteiger partial charge in [-0.3, -0.25) is 4.79 Å². The van der Waals surface area contributed by atoms with Crippen LogP contribution in [-0.4, -0.2) is 26.6 Å². The quantitative estimate of drug-likeness (QED) is 0.409. The zero-order valence-electron chi connectivity index (χ0n) is 15.0. The maximum Gasteiger partial charge on any atom is 0.387 e. The molecule has 0 saturated heterocycles. The number of methoxy groups -OCH3 is 2. The lowest BCUT2D eigenvalue weighted by molar-refractivity contribution is -0.0526. The number of aryl methyl sites for hydroxylation is 1. The summed E-state index contributed by atoms with van der Waals surface area (Å²) in [4.78, 5) is 12.6. The molecule has 2 aromatic carbocycles. The number of alkyl halides is 2. The van der Waals surface area contributed by atoms with Crippen LogP contribution in [0.1, 0.15) is 21.5 Å². The van der Waals surface area contributed by atoms with E-state index in [1.807, 2.05) is 19.1 Å². The number of hydrogen-bond acceptors (Lipinski definition) is 5. The summed E-state index contributed by atoms with van der Waals surface area (Å²) in [5.41, 5.74) is 1.50. The highest BCUT2D eigenvalue weighted by Crippen LogP contribution is 2.40. The van der Waals surface area contributed by atoms with Gasteiger partial charge >= 0.3 is 6.61 Å². The maximum absolute atomic E-state index is 12.6. The number of Topliss-reactive ketones (excluding diaryl/α,β-unsaturated/α-hetero) is 1. The highest BCUT2D eigenvalue weighted by atomic mass is 19.3. The maximum atomic E-state index is 12.6. The van der Waals surface area contributed by atoms with E-state index >= 15 is 0 Å². The van der Waals surface area contributed by atoms with Crippen LogP contribution in [0, 0.1) is 18.3 Å². The molecule has 2 aromatic rings. The molecule has 0 saturated carbocycles. The van der Waals surface area contributed by atoms with Crippen LogP contribution in [0.15, 0.2) is 42.0 Å². The van der Waals surface area contributed by atoms with Crippen LogP contribution >= 0.6 is 0 Å². The van der Waals surface area contributed by atoms with Gasteiger partial charge in [0.25, 0.3) is 0 Å². The number of nitrogens with zero attached hydrogens (tertiary/aromatic N) is 1. The van der Waals surface area contributed by atoms with E-state index in [9.17, 15) is 18.8 Å². The van der Waals surface area contributed by atoms with Crippen LogP contribution in [-0.2, 0) is 0 Å². The standard InChI is InChI=1S/C20H17F2NO4/c1-12-5-4-6-14(7-12)18(24)15(11-23)8-13-9-16(25-2)19(27-20(21)22)17(10-13)26-3/h4-10,20H,1-3H3/b15-8+. The van der Waals surface area contributed by atoms with Gasteiger partial charge in [-0.15, -0.1) is 0 Å². The second kappa shape index (κ2) is 8.81. The summed E-state index contributed by atoms with van der Waals surface area (Å²) in [6.07, 6.45) is 1.34. The molecule has 7 heteroatoms. The van der Waals surface area contributed by atoms with Crippen molar-refractivity contribution in [2.45, 2.75) is 13.5 Å². The van der Waals surface area contributed by atoms with Crippen LogP contribution in [0.4, 0.5) is 8.78 Å². The van der Waals surface area contributed by atoms with Gasteiger partial charge in [-0.2, -0.15) is 14.0 Å². The van der Waals surface area contributed by atoms with Crippen LogP contribution in [0.5, 0.6) is 17.2 Å². The Hall–Kier alpha value is -3.40. The summed E-state index contributed by atoms with van der Waals surface area (Å²) < 4.78 is 39.8. The number of rotatable bonds is 7. The minimum Gasteiger partial charge on any atom is -0.493 e. The fraction of sp³-hybridized carbons (Fsp3) is 0.200.